The van der Waals surface area contributed by atoms with Gasteiger partial charge in [-0.05, 0) is 17.5 Å². The van der Waals surface area contributed by atoms with Crippen LogP contribution in [0.5, 0.6) is 0 Å². The molecule has 0 atom stereocenters. The van der Waals surface area contributed by atoms with Crippen LogP contribution >= 0.6 is 11.6 Å². The predicted octanol–water partition coefficient (Wildman–Crippen LogP) is 2.06. The first kappa shape index (κ1) is 13.8. The van der Waals surface area contributed by atoms with Crippen LogP contribution in [0.4, 0.5) is 0 Å². The lowest BCUT2D eigenvalue weighted by Crippen LogP contribution is -2.38. The first-order chi connectivity index (χ1) is 8.11. The number of nitrogens with zero attached hydrogens (tertiary/aromatic N) is 2. The number of aliphatic imine (C=N–C) groups is 1. The fourth-order valence-corrected chi connectivity index (χ4v) is 1.33. The number of guanidine groups is 1. The fraction of sp³-hybridized carbons (Fsp3) is 0.500. The molecule has 0 radical (unpaired) electrons. The molecule has 0 saturated heterocycles. The second kappa shape index (κ2) is 7.12. The largest absolute Gasteiger partial charge is 0.356 e. The summed E-state index contributed by atoms with van der Waals surface area (Å²) in [5.74, 6) is 1.39. The summed E-state index contributed by atoms with van der Waals surface area (Å²) in [7, 11) is 1.76. The van der Waals surface area contributed by atoms with Crippen LogP contribution in [0.1, 0.15) is 19.4 Å². The van der Waals surface area contributed by atoms with E-state index in [9.17, 15) is 0 Å². The van der Waals surface area contributed by atoms with Crippen molar-refractivity contribution in [2.45, 2.75) is 20.4 Å². The first-order valence-electron chi connectivity index (χ1n) is 5.66. The van der Waals surface area contributed by atoms with Crippen LogP contribution in [0, 0.1) is 5.92 Å². The number of aromatic nitrogens is 1. The van der Waals surface area contributed by atoms with Gasteiger partial charge in [0.2, 0.25) is 0 Å². The van der Waals surface area contributed by atoms with Gasteiger partial charge in [0.15, 0.2) is 5.96 Å². The number of halogens is 1. The van der Waals surface area contributed by atoms with Crippen LogP contribution in [-0.4, -0.2) is 24.5 Å². The van der Waals surface area contributed by atoms with Gasteiger partial charge in [0.1, 0.15) is 5.15 Å². The predicted molar refractivity (Wildman–Crippen MR) is 72.3 cm³/mol. The molecule has 0 aromatic carbocycles. The molecule has 1 heterocycles. The van der Waals surface area contributed by atoms with E-state index in [1.54, 1.807) is 19.3 Å². The standard InChI is InChI=1S/C12H19ClN4/c1-9(2)6-16-12(14-3)17-8-10-4-5-11(13)15-7-10/h4-5,7,9H,6,8H2,1-3H3,(H2,14,16,17). The molecule has 1 aromatic rings. The Hall–Kier alpha value is -1.29. The van der Waals surface area contributed by atoms with E-state index in [2.05, 4.69) is 34.5 Å². The van der Waals surface area contributed by atoms with Gasteiger partial charge >= 0.3 is 0 Å². The minimum Gasteiger partial charge on any atom is -0.356 e. The number of rotatable bonds is 4. The lowest BCUT2D eigenvalue weighted by Gasteiger charge is -2.13. The van der Waals surface area contributed by atoms with Crippen molar-refractivity contribution in [2.24, 2.45) is 10.9 Å². The minimum atomic E-state index is 0.510. The summed E-state index contributed by atoms with van der Waals surface area (Å²) in [4.78, 5) is 8.16. The average Bonchev–Trinajstić information content (AvgIpc) is 2.31. The number of hydrogen-bond donors (Lipinski definition) is 2. The van der Waals surface area contributed by atoms with Gasteiger partial charge in [-0.3, -0.25) is 4.99 Å². The zero-order chi connectivity index (χ0) is 12.7. The molecule has 94 valence electrons. The lowest BCUT2D eigenvalue weighted by molar-refractivity contribution is 0.614. The highest BCUT2D eigenvalue weighted by atomic mass is 35.5. The molecule has 0 amide bonds. The molecule has 0 fully saturated rings. The van der Waals surface area contributed by atoms with Gasteiger partial charge in [-0.15, -0.1) is 0 Å². The van der Waals surface area contributed by atoms with Crippen molar-refractivity contribution >= 4 is 17.6 Å². The Kier molecular flexibility index (Phi) is 5.77. The van der Waals surface area contributed by atoms with Gasteiger partial charge in [-0.1, -0.05) is 31.5 Å². The summed E-state index contributed by atoms with van der Waals surface area (Å²) in [6, 6.07) is 3.72. The van der Waals surface area contributed by atoms with Gasteiger partial charge in [-0.2, -0.15) is 0 Å². The summed E-state index contributed by atoms with van der Waals surface area (Å²) in [5, 5.41) is 6.97. The Morgan fingerprint density at radius 1 is 1.41 bits per heavy atom. The maximum absolute atomic E-state index is 5.72. The van der Waals surface area contributed by atoms with Crippen LogP contribution in [0.25, 0.3) is 0 Å². The topological polar surface area (TPSA) is 49.3 Å². The smallest absolute Gasteiger partial charge is 0.191 e. The normalized spacial score (nSPS) is 11.7. The van der Waals surface area contributed by atoms with E-state index in [1.165, 1.54) is 0 Å². The Morgan fingerprint density at radius 3 is 2.71 bits per heavy atom. The molecule has 5 heteroatoms. The van der Waals surface area contributed by atoms with E-state index >= 15 is 0 Å². The van der Waals surface area contributed by atoms with Crippen molar-refractivity contribution in [2.75, 3.05) is 13.6 Å². The number of nitrogens with one attached hydrogen (secondary N) is 2. The van der Waals surface area contributed by atoms with Crippen molar-refractivity contribution in [3.05, 3.63) is 29.0 Å². The van der Waals surface area contributed by atoms with E-state index in [0.717, 1.165) is 18.1 Å². The van der Waals surface area contributed by atoms with Crippen molar-refractivity contribution in [1.29, 1.82) is 0 Å². The Labute approximate surface area is 108 Å². The van der Waals surface area contributed by atoms with Crippen LogP contribution in [-0.2, 0) is 6.54 Å². The van der Waals surface area contributed by atoms with Gasteiger partial charge in [0.05, 0.1) is 0 Å². The molecule has 0 spiro atoms. The van der Waals surface area contributed by atoms with E-state index < -0.39 is 0 Å². The van der Waals surface area contributed by atoms with Gasteiger partial charge in [-0.25, -0.2) is 4.98 Å². The van der Waals surface area contributed by atoms with Crippen molar-refractivity contribution in [3.8, 4) is 0 Å². The minimum absolute atomic E-state index is 0.510. The van der Waals surface area contributed by atoms with Crippen LogP contribution < -0.4 is 10.6 Å². The highest BCUT2D eigenvalue weighted by Gasteiger charge is 2.00. The molecule has 0 bridgehead atoms. The SMILES string of the molecule is CN=C(NCc1ccc(Cl)nc1)NCC(C)C. The van der Waals surface area contributed by atoms with Crippen molar-refractivity contribution < 1.29 is 0 Å². The van der Waals surface area contributed by atoms with Crippen LogP contribution in [0.2, 0.25) is 5.15 Å². The van der Waals surface area contributed by atoms with E-state index in [4.69, 9.17) is 11.6 Å². The molecule has 0 aliphatic carbocycles. The molecule has 1 aromatic heterocycles. The van der Waals surface area contributed by atoms with Gasteiger partial charge in [0, 0.05) is 26.3 Å². The second-order valence-corrected chi connectivity index (χ2v) is 4.58. The zero-order valence-electron chi connectivity index (χ0n) is 10.5. The Balaban J connectivity index is 2.40. The zero-order valence-corrected chi connectivity index (χ0v) is 11.3. The molecule has 1 rings (SSSR count). The maximum Gasteiger partial charge on any atom is 0.191 e. The van der Waals surface area contributed by atoms with Crippen molar-refractivity contribution in [1.82, 2.24) is 15.6 Å². The highest BCUT2D eigenvalue weighted by molar-refractivity contribution is 6.29. The summed E-state index contributed by atoms with van der Waals surface area (Å²) < 4.78 is 0. The van der Waals surface area contributed by atoms with Crippen LogP contribution in [0.3, 0.4) is 0 Å². The van der Waals surface area contributed by atoms with E-state index in [-0.39, 0.29) is 0 Å². The molecular formula is C12H19ClN4. The molecule has 4 nitrogen and oxygen atoms in total. The third-order valence-electron chi connectivity index (χ3n) is 2.15. The van der Waals surface area contributed by atoms with Crippen LogP contribution in [0.15, 0.2) is 23.3 Å². The fourth-order valence-electron chi connectivity index (χ4n) is 1.22. The monoisotopic (exact) mass is 254 g/mol. The third-order valence-corrected chi connectivity index (χ3v) is 2.37. The average molecular weight is 255 g/mol. The summed E-state index contributed by atoms with van der Waals surface area (Å²) in [5.41, 5.74) is 1.07. The lowest BCUT2D eigenvalue weighted by atomic mass is 10.2. The summed E-state index contributed by atoms with van der Waals surface area (Å²) in [6.45, 7) is 5.90. The molecule has 0 saturated carbocycles. The number of hydrogen-bond acceptors (Lipinski definition) is 2. The molecule has 0 aliphatic heterocycles. The molecule has 2 N–H and O–H groups in total. The molecular weight excluding hydrogens is 236 g/mol. The Bertz CT molecular complexity index is 359. The Morgan fingerprint density at radius 2 is 2.18 bits per heavy atom. The summed E-state index contributed by atoms with van der Waals surface area (Å²) >= 11 is 5.72. The number of pyridine rings is 1. The van der Waals surface area contributed by atoms with E-state index in [0.29, 0.717) is 17.6 Å². The second-order valence-electron chi connectivity index (χ2n) is 4.19. The van der Waals surface area contributed by atoms with Gasteiger partial charge < -0.3 is 10.6 Å². The molecule has 0 aliphatic rings. The van der Waals surface area contributed by atoms with E-state index in [1.807, 2.05) is 6.07 Å². The quantitative estimate of drug-likeness (QED) is 0.491. The summed E-state index contributed by atoms with van der Waals surface area (Å²) in [6.07, 6.45) is 1.76. The first-order valence-corrected chi connectivity index (χ1v) is 6.04. The van der Waals surface area contributed by atoms with Crippen molar-refractivity contribution in [3.63, 3.8) is 0 Å². The highest BCUT2D eigenvalue weighted by Crippen LogP contribution is 2.04. The molecule has 0 unspecified atom stereocenters. The maximum atomic E-state index is 5.72. The van der Waals surface area contributed by atoms with Gasteiger partial charge in [0.25, 0.3) is 0 Å². The molecule has 17 heavy (non-hydrogen) atoms. The third kappa shape index (κ3) is 5.54.